The summed E-state index contributed by atoms with van der Waals surface area (Å²) in [5.41, 5.74) is 0. The number of aliphatic hydroxyl groups excluding tert-OH is 2. The van der Waals surface area contributed by atoms with Gasteiger partial charge < -0.3 is 20.3 Å². The highest BCUT2D eigenvalue weighted by Crippen LogP contribution is 2.18. The molecule has 72 heavy (non-hydrogen) atoms. The van der Waals surface area contributed by atoms with Gasteiger partial charge in [0.1, 0.15) is 0 Å². The lowest BCUT2D eigenvalue weighted by atomic mass is 10.0. The molecule has 0 heterocycles. The van der Waals surface area contributed by atoms with Gasteiger partial charge in [0.2, 0.25) is 5.91 Å². The molecule has 6 heteroatoms. The van der Waals surface area contributed by atoms with Crippen molar-refractivity contribution in [1.82, 2.24) is 5.32 Å². The van der Waals surface area contributed by atoms with Gasteiger partial charge in [-0.15, -0.1) is 0 Å². The molecule has 2 atom stereocenters. The van der Waals surface area contributed by atoms with E-state index in [9.17, 15) is 19.8 Å². The number of carbonyl (C=O) groups excluding carboxylic acids is 2. The van der Waals surface area contributed by atoms with Gasteiger partial charge in [-0.05, 0) is 51.4 Å². The lowest BCUT2D eigenvalue weighted by molar-refractivity contribution is -0.143. The van der Waals surface area contributed by atoms with Crippen molar-refractivity contribution in [2.75, 3.05) is 13.2 Å². The smallest absolute Gasteiger partial charge is 0.305 e. The molecule has 0 saturated carbocycles. The lowest BCUT2D eigenvalue weighted by Gasteiger charge is -2.20. The molecule has 0 radical (unpaired) electrons. The fraction of sp³-hybridized carbons (Fsp3) is 0.909. The topological polar surface area (TPSA) is 95.9 Å². The van der Waals surface area contributed by atoms with Crippen LogP contribution in [0.25, 0.3) is 0 Å². The van der Waals surface area contributed by atoms with Crippen molar-refractivity contribution in [2.24, 2.45) is 0 Å². The third kappa shape index (κ3) is 57.6. The minimum atomic E-state index is -0.848. The Balaban J connectivity index is 3.44. The predicted octanol–water partition coefficient (Wildman–Crippen LogP) is 20.6. The summed E-state index contributed by atoms with van der Waals surface area (Å²) < 4.78 is 5.46. The van der Waals surface area contributed by atoms with Crippen molar-refractivity contribution in [3.05, 3.63) is 24.3 Å². The Morgan fingerprint density at radius 3 is 1.03 bits per heavy atom. The highest BCUT2D eigenvalue weighted by molar-refractivity contribution is 5.76. The molecule has 0 saturated heterocycles. The summed E-state index contributed by atoms with van der Waals surface area (Å²) in [5, 5.41) is 23.3. The number of aliphatic hydroxyl groups is 2. The van der Waals surface area contributed by atoms with Crippen LogP contribution >= 0.6 is 0 Å². The molecule has 1 amide bonds. The normalized spacial score (nSPS) is 12.7. The first-order valence-corrected chi connectivity index (χ1v) is 32.6. The molecule has 0 bridgehead atoms. The first kappa shape index (κ1) is 70.3. The molecule has 3 N–H and O–H groups in total. The van der Waals surface area contributed by atoms with Crippen molar-refractivity contribution in [3.63, 3.8) is 0 Å². The van der Waals surface area contributed by atoms with Gasteiger partial charge in [-0.25, -0.2) is 0 Å². The van der Waals surface area contributed by atoms with Crippen LogP contribution in [0.5, 0.6) is 0 Å². The summed E-state index contributed by atoms with van der Waals surface area (Å²) in [7, 11) is 0. The van der Waals surface area contributed by atoms with E-state index in [1.165, 1.54) is 289 Å². The van der Waals surface area contributed by atoms with E-state index in [1.807, 2.05) is 6.08 Å². The van der Waals surface area contributed by atoms with Crippen molar-refractivity contribution in [2.45, 2.75) is 373 Å². The number of esters is 1. The maximum Gasteiger partial charge on any atom is 0.305 e. The molecule has 0 aromatic heterocycles. The molecule has 426 valence electrons. The average molecular weight is 1010 g/mol. The zero-order valence-corrected chi connectivity index (χ0v) is 48.7. The van der Waals surface area contributed by atoms with E-state index in [4.69, 9.17) is 4.74 Å². The number of allylic oxidation sites excluding steroid dienone is 3. The van der Waals surface area contributed by atoms with Crippen LogP contribution in [0.15, 0.2) is 24.3 Å². The van der Waals surface area contributed by atoms with Gasteiger partial charge >= 0.3 is 5.97 Å². The summed E-state index contributed by atoms with van der Waals surface area (Å²) in [4.78, 5) is 24.5. The molecule has 6 nitrogen and oxygen atoms in total. The van der Waals surface area contributed by atoms with Crippen LogP contribution in [0.4, 0.5) is 0 Å². The lowest BCUT2D eigenvalue weighted by Crippen LogP contribution is -2.45. The number of amides is 1. The number of unbranched alkanes of at least 4 members (excludes halogenated alkanes) is 48. The number of hydrogen-bond donors (Lipinski definition) is 3. The summed E-state index contributed by atoms with van der Waals surface area (Å²) >= 11 is 0. The summed E-state index contributed by atoms with van der Waals surface area (Å²) in [5.74, 6) is -0.0692. The van der Waals surface area contributed by atoms with Gasteiger partial charge in [0.05, 0.1) is 25.4 Å². The fourth-order valence-electron chi connectivity index (χ4n) is 10.2. The highest BCUT2D eigenvalue weighted by Gasteiger charge is 2.18. The van der Waals surface area contributed by atoms with Gasteiger partial charge in [-0.1, -0.05) is 321 Å². The molecule has 0 aliphatic carbocycles. The van der Waals surface area contributed by atoms with Crippen LogP contribution in [0, 0.1) is 0 Å². The Kier molecular flexibility index (Phi) is 60.5. The fourth-order valence-corrected chi connectivity index (χ4v) is 10.2. The van der Waals surface area contributed by atoms with E-state index in [0.29, 0.717) is 19.4 Å². The van der Waals surface area contributed by atoms with Crippen molar-refractivity contribution in [3.8, 4) is 0 Å². The zero-order chi connectivity index (χ0) is 52.2. The average Bonchev–Trinajstić information content (AvgIpc) is 3.38. The molecular formula is C66H127NO5. The second-order valence-corrected chi connectivity index (χ2v) is 22.5. The second-order valence-electron chi connectivity index (χ2n) is 22.5. The SMILES string of the molecule is CCCC/C=C\CCCCCCCC(=O)OCCCCCCCCCCCCCCCCCCCCCC(=O)NC(CO)C(O)/C=C/CCCCCCCCCCCCCCCCCCCCCCCCC. The standard InChI is InChI=1S/C66H127NO5/c1-3-5-7-9-11-13-15-16-17-18-19-20-21-22-23-24-26-29-32-35-39-42-46-50-54-58-64(69)63(62-68)67-65(70)59-55-51-47-43-40-36-33-30-27-25-28-31-34-37-41-45-49-53-57-61-72-66(71)60-56-52-48-44-38-14-12-10-8-6-4-2/h10,12,54,58,63-64,68-69H,3-9,11,13-53,55-57,59-62H2,1-2H3,(H,67,70)/b12-10-,58-54+. The number of rotatable bonds is 61. The van der Waals surface area contributed by atoms with Crippen LogP contribution < -0.4 is 5.32 Å². The molecule has 0 aliphatic rings. The molecule has 0 rings (SSSR count). The van der Waals surface area contributed by atoms with E-state index in [-0.39, 0.29) is 18.5 Å². The van der Waals surface area contributed by atoms with Crippen LogP contribution in [0.2, 0.25) is 0 Å². The van der Waals surface area contributed by atoms with Gasteiger partial charge in [-0.3, -0.25) is 9.59 Å². The summed E-state index contributed by atoms with van der Waals surface area (Å²) in [6, 6.07) is -0.631. The zero-order valence-electron chi connectivity index (χ0n) is 48.7. The number of hydrogen-bond acceptors (Lipinski definition) is 5. The molecule has 0 aromatic carbocycles. The third-order valence-corrected chi connectivity index (χ3v) is 15.2. The van der Waals surface area contributed by atoms with Crippen LogP contribution in [-0.2, 0) is 14.3 Å². The van der Waals surface area contributed by atoms with E-state index in [2.05, 4.69) is 31.3 Å². The van der Waals surface area contributed by atoms with Crippen molar-refractivity contribution in [1.29, 1.82) is 0 Å². The van der Waals surface area contributed by atoms with E-state index < -0.39 is 12.1 Å². The van der Waals surface area contributed by atoms with Crippen LogP contribution in [0.3, 0.4) is 0 Å². The molecule has 0 aromatic rings. The number of ether oxygens (including phenoxy) is 1. The third-order valence-electron chi connectivity index (χ3n) is 15.2. The molecule has 0 aliphatic heterocycles. The summed E-state index contributed by atoms with van der Waals surface area (Å²) in [6.45, 7) is 4.89. The Labute approximate surface area is 450 Å². The molecule has 0 fully saturated rings. The largest absolute Gasteiger partial charge is 0.466 e. The Bertz CT molecular complexity index is 1120. The van der Waals surface area contributed by atoms with E-state index in [1.54, 1.807) is 6.08 Å². The second kappa shape index (κ2) is 61.9. The Morgan fingerprint density at radius 1 is 0.375 bits per heavy atom. The van der Waals surface area contributed by atoms with Gasteiger partial charge in [0.15, 0.2) is 0 Å². The van der Waals surface area contributed by atoms with E-state index in [0.717, 1.165) is 44.9 Å². The maximum absolute atomic E-state index is 12.5. The van der Waals surface area contributed by atoms with Crippen LogP contribution in [0.1, 0.15) is 361 Å². The number of nitrogens with one attached hydrogen (secondary N) is 1. The van der Waals surface area contributed by atoms with Gasteiger partial charge in [0, 0.05) is 12.8 Å². The quantitative estimate of drug-likeness (QED) is 0.0320. The minimum absolute atomic E-state index is 0.00214. The number of carbonyl (C=O) groups is 2. The maximum atomic E-state index is 12.5. The summed E-state index contributed by atoms with van der Waals surface area (Å²) in [6.07, 6.45) is 76.6. The van der Waals surface area contributed by atoms with Gasteiger partial charge in [0.25, 0.3) is 0 Å². The van der Waals surface area contributed by atoms with Gasteiger partial charge in [-0.2, -0.15) is 0 Å². The van der Waals surface area contributed by atoms with Crippen LogP contribution in [-0.4, -0.2) is 47.4 Å². The molecular weight excluding hydrogens is 887 g/mol. The Morgan fingerprint density at radius 2 is 0.667 bits per heavy atom. The molecule has 2 unspecified atom stereocenters. The molecule has 0 spiro atoms. The first-order chi connectivity index (χ1) is 35.5. The monoisotopic (exact) mass is 1010 g/mol. The van der Waals surface area contributed by atoms with Crippen molar-refractivity contribution >= 4 is 11.9 Å². The van der Waals surface area contributed by atoms with Crippen molar-refractivity contribution < 1.29 is 24.5 Å². The highest BCUT2D eigenvalue weighted by atomic mass is 16.5. The minimum Gasteiger partial charge on any atom is -0.466 e. The first-order valence-electron chi connectivity index (χ1n) is 32.6. The van der Waals surface area contributed by atoms with E-state index >= 15 is 0 Å². The Hall–Kier alpha value is -1.66. The predicted molar refractivity (Wildman–Crippen MR) is 315 cm³/mol.